The quantitative estimate of drug-likeness (QED) is 0.341. The number of halogens is 1. The Balaban J connectivity index is 1.14. The number of morpholine rings is 1. The molecule has 0 saturated carbocycles. The predicted octanol–water partition coefficient (Wildman–Crippen LogP) is 4.28. The fourth-order valence-electron chi connectivity index (χ4n) is 4.73. The summed E-state index contributed by atoms with van der Waals surface area (Å²) in [6, 6.07) is 11.2. The van der Waals surface area contributed by atoms with Crippen LogP contribution in [-0.4, -0.2) is 70.1 Å². The van der Waals surface area contributed by atoms with Crippen molar-refractivity contribution < 1.29 is 14.3 Å². The van der Waals surface area contributed by atoms with E-state index in [-0.39, 0.29) is 5.91 Å². The molecule has 6 rings (SSSR count). The number of nitrogens with one attached hydrogen (secondary N) is 1. The summed E-state index contributed by atoms with van der Waals surface area (Å²) in [6.07, 6.45) is 4.00. The molecule has 1 saturated heterocycles. The first-order chi connectivity index (χ1) is 19.6. The number of carbonyl (C=O) groups excluding carboxylic acids is 1. The number of benzene rings is 1. The lowest BCUT2D eigenvalue weighted by molar-refractivity contribution is -0.125. The number of amides is 1. The second kappa shape index (κ2) is 12.2. The Morgan fingerprint density at radius 1 is 1.15 bits per heavy atom. The molecular formula is C29H27ClN6O3S. The first-order valence-corrected chi connectivity index (χ1v) is 14.3. The molecule has 2 aliphatic heterocycles. The highest BCUT2D eigenvalue weighted by molar-refractivity contribution is 7.19. The summed E-state index contributed by atoms with van der Waals surface area (Å²) in [5.74, 6) is 7.03. The van der Waals surface area contributed by atoms with E-state index in [4.69, 9.17) is 21.1 Å². The largest absolute Gasteiger partial charge is 0.486 e. The highest BCUT2D eigenvalue weighted by atomic mass is 35.5. The summed E-state index contributed by atoms with van der Waals surface area (Å²) in [5, 5.41) is 4.88. The van der Waals surface area contributed by atoms with Crippen LogP contribution in [-0.2, 0) is 29.1 Å². The normalized spacial score (nSPS) is 15.3. The van der Waals surface area contributed by atoms with Gasteiger partial charge in [-0.15, -0.1) is 11.3 Å². The number of thiophene rings is 1. The van der Waals surface area contributed by atoms with Gasteiger partial charge in [0.1, 0.15) is 29.3 Å². The van der Waals surface area contributed by atoms with Crippen molar-refractivity contribution >= 4 is 50.6 Å². The predicted molar refractivity (Wildman–Crippen MR) is 155 cm³/mol. The van der Waals surface area contributed by atoms with Gasteiger partial charge in [0.15, 0.2) is 0 Å². The lowest BCUT2D eigenvalue weighted by Gasteiger charge is -2.25. The van der Waals surface area contributed by atoms with Crippen molar-refractivity contribution in [2.24, 2.45) is 0 Å². The van der Waals surface area contributed by atoms with Gasteiger partial charge in [0, 0.05) is 36.4 Å². The van der Waals surface area contributed by atoms with E-state index in [0.29, 0.717) is 42.8 Å². The van der Waals surface area contributed by atoms with E-state index in [1.165, 1.54) is 5.56 Å². The average Bonchev–Trinajstić information content (AvgIpc) is 3.37. The number of aromatic nitrogens is 3. The van der Waals surface area contributed by atoms with Gasteiger partial charge in [-0.3, -0.25) is 14.7 Å². The number of anilines is 2. The molecule has 0 radical (unpaired) electrons. The highest BCUT2D eigenvalue weighted by Crippen LogP contribution is 2.38. The van der Waals surface area contributed by atoms with Gasteiger partial charge in [-0.1, -0.05) is 23.6 Å². The van der Waals surface area contributed by atoms with Crippen molar-refractivity contribution in [2.75, 3.05) is 44.7 Å². The molecule has 1 amide bonds. The Bertz CT molecular complexity index is 1580. The molecule has 40 heavy (non-hydrogen) atoms. The first-order valence-electron chi connectivity index (χ1n) is 13.1. The fraction of sp³-hybridized carbons (Fsp3) is 0.310. The summed E-state index contributed by atoms with van der Waals surface area (Å²) in [4.78, 5) is 32.1. The third-order valence-corrected chi connectivity index (χ3v) is 8.24. The molecule has 2 aliphatic rings. The van der Waals surface area contributed by atoms with Crippen molar-refractivity contribution in [3.63, 3.8) is 0 Å². The molecule has 204 valence electrons. The third-order valence-electron chi connectivity index (χ3n) is 6.82. The maximum Gasteiger partial charge on any atom is 0.298 e. The molecule has 0 unspecified atom stereocenters. The summed E-state index contributed by atoms with van der Waals surface area (Å²) >= 11 is 8.12. The van der Waals surface area contributed by atoms with Crippen LogP contribution in [0.2, 0.25) is 5.02 Å². The first kappa shape index (κ1) is 26.5. The van der Waals surface area contributed by atoms with Gasteiger partial charge >= 0.3 is 0 Å². The SMILES string of the molecule is O=C(C#CCN1CCOCC1)N1CCc2c(sc3ncnc(Nc4ccc(OCc5ccccn5)c(Cl)c4)c23)C1. The smallest absolute Gasteiger partial charge is 0.298 e. The minimum absolute atomic E-state index is 0.138. The molecule has 0 spiro atoms. The van der Waals surface area contributed by atoms with Gasteiger partial charge in [-0.2, -0.15) is 0 Å². The summed E-state index contributed by atoms with van der Waals surface area (Å²) in [5.41, 5.74) is 2.79. The third kappa shape index (κ3) is 6.03. The maximum absolute atomic E-state index is 12.8. The number of rotatable bonds is 6. The molecule has 0 atom stereocenters. The monoisotopic (exact) mass is 574 g/mol. The molecular weight excluding hydrogens is 548 g/mol. The number of hydrogen-bond donors (Lipinski definition) is 1. The fourth-order valence-corrected chi connectivity index (χ4v) is 6.17. The van der Waals surface area contributed by atoms with Gasteiger partial charge in [0.05, 0.1) is 42.4 Å². The minimum Gasteiger partial charge on any atom is -0.486 e. The zero-order chi connectivity index (χ0) is 27.3. The lowest BCUT2D eigenvalue weighted by atomic mass is 10.0. The minimum atomic E-state index is -0.138. The molecule has 3 aromatic heterocycles. The van der Waals surface area contributed by atoms with Crippen LogP contribution in [0.1, 0.15) is 16.1 Å². The van der Waals surface area contributed by atoms with E-state index < -0.39 is 0 Å². The second-order valence-electron chi connectivity index (χ2n) is 9.45. The molecule has 4 aromatic rings. The van der Waals surface area contributed by atoms with Crippen LogP contribution in [0.5, 0.6) is 5.75 Å². The van der Waals surface area contributed by atoms with Gasteiger partial charge in [-0.05, 0) is 48.2 Å². The average molecular weight is 575 g/mol. The van der Waals surface area contributed by atoms with Crippen molar-refractivity contribution in [3.05, 3.63) is 70.1 Å². The molecule has 0 aliphatic carbocycles. The maximum atomic E-state index is 12.8. The molecule has 0 bridgehead atoms. The van der Waals surface area contributed by atoms with E-state index in [9.17, 15) is 4.79 Å². The number of hydrogen-bond acceptors (Lipinski definition) is 9. The number of ether oxygens (including phenoxy) is 2. The van der Waals surface area contributed by atoms with Crippen LogP contribution in [0.3, 0.4) is 0 Å². The Kier molecular flexibility index (Phi) is 8.07. The van der Waals surface area contributed by atoms with E-state index in [0.717, 1.165) is 59.2 Å². The van der Waals surface area contributed by atoms with Crippen LogP contribution in [0.4, 0.5) is 11.5 Å². The van der Waals surface area contributed by atoms with Crippen molar-refractivity contribution in [1.29, 1.82) is 0 Å². The number of fused-ring (bicyclic) bond motifs is 3. The molecule has 5 heterocycles. The second-order valence-corrected chi connectivity index (χ2v) is 10.9. The number of nitrogens with zero attached hydrogens (tertiary/aromatic N) is 5. The Morgan fingerprint density at radius 2 is 2.05 bits per heavy atom. The Morgan fingerprint density at radius 3 is 2.88 bits per heavy atom. The van der Waals surface area contributed by atoms with Crippen molar-refractivity contribution in [2.45, 2.75) is 19.6 Å². The van der Waals surface area contributed by atoms with Crippen LogP contribution >= 0.6 is 22.9 Å². The summed E-state index contributed by atoms with van der Waals surface area (Å²) in [6.45, 7) is 5.19. The Hall–Kier alpha value is -3.75. The zero-order valence-electron chi connectivity index (χ0n) is 21.7. The van der Waals surface area contributed by atoms with E-state index in [1.54, 1.807) is 23.9 Å². The number of pyridine rings is 1. The number of carbonyl (C=O) groups is 1. The van der Waals surface area contributed by atoms with Gasteiger partial charge < -0.3 is 19.7 Å². The topological polar surface area (TPSA) is 92.7 Å². The molecule has 9 nitrogen and oxygen atoms in total. The van der Waals surface area contributed by atoms with Crippen LogP contribution < -0.4 is 10.1 Å². The zero-order valence-corrected chi connectivity index (χ0v) is 23.3. The van der Waals surface area contributed by atoms with Gasteiger partial charge in [-0.25, -0.2) is 9.97 Å². The van der Waals surface area contributed by atoms with E-state index >= 15 is 0 Å². The summed E-state index contributed by atoms with van der Waals surface area (Å²) in [7, 11) is 0. The van der Waals surface area contributed by atoms with Crippen molar-refractivity contribution in [1.82, 2.24) is 24.8 Å². The van der Waals surface area contributed by atoms with Crippen LogP contribution in [0.15, 0.2) is 48.9 Å². The van der Waals surface area contributed by atoms with Crippen LogP contribution in [0, 0.1) is 11.8 Å². The molecule has 1 aromatic carbocycles. The molecule has 1 N–H and O–H groups in total. The highest BCUT2D eigenvalue weighted by Gasteiger charge is 2.26. The molecule has 11 heteroatoms. The van der Waals surface area contributed by atoms with Crippen molar-refractivity contribution in [3.8, 4) is 17.6 Å². The standard InChI is InChI=1S/C29H27ClN6O3S/c30-23-16-20(6-7-24(23)39-18-21-4-1-2-9-31-21)34-28-27-22-8-11-36(17-25(22)40-29(27)33-19-32-28)26(37)5-3-10-35-12-14-38-15-13-35/h1-2,4,6-7,9,16,19H,8,10-15,17-18H2,(H,32,33,34). The van der Waals surface area contributed by atoms with E-state index in [2.05, 4.69) is 37.0 Å². The lowest BCUT2D eigenvalue weighted by Crippen LogP contribution is -2.37. The van der Waals surface area contributed by atoms with Gasteiger partial charge in [0.2, 0.25) is 0 Å². The Labute approximate surface area is 241 Å². The van der Waals surface area contributed by atoms with E-state index in [1.807, 2.05) is 41.3 Å². The van der Waals surface area contributed by atoms with Gasteiger partial charge in [0.25, 0.3) is 5.91 Å². The molecule has 1 fully saturated rings. The summed E-state index contributed by atoms with van der Waals surface area (Å²) < 4.78 is 11.2. The van der Waals surface area contributed by atoms with Crippen LogP contribution in [0.25, 0.3) is 10.2 Å².